The Bertz CT molecular complexity index is 610. The van der Waals surface area contributed by atoms with Gasteiger partial charge in [0.25, 0.3) is 0 Å². The van der Waals surface area contributed by atoms with Crippen LogP contribution in [0.3, 0.4) is 0 Å². The molecule has 3 rings (SSSR count). The molecule has 0 unspecified atom stereocenters. The van der Waals surface area contributed by atoms with Gasteiger partial charge in [0.15, 0.2) is 11.5 Å². The molecule has 1 aromatic heterocycles. The average molecular weight is 306 g/mol. The molecular weight excluding hydrogens is 288 g/mol. The highest BCUT2D eigenvalue weighted by Gasteiger charge is 2.18. The van der Waals surface area contributed by atoms with E-state index in [2.05, 4.69) is 17.2 Å². The summed E-state index contributed by atoms with van der Waals surface area (Å²) in [5.41, 5.74) is 1.10. The molecule has 1 N–H and O–H groups in total. The van der Waals surface area contributed by atoms with E-state index in [9.17, 15) is 0 Å². The molecule has 1 aliphatic heterocycles. The topological polar surface area (TPSA) is 52.6 Å². The van der Waals surface area contributed by atoms with Gasteiger partial charge in [-0.25, -0.2) is 4.98 Å². The molecule has 0 bridgehead atoms. The highest BCUT2D eigenvalue weighted by atomic mass is 32.1. The number of hydrogen-bond donors (Lipinski definition) is 1. The number of rotatable bonds is 5. The highest BCUT2D eigenvalue weighted by Crippen LogP contribution is 2.40. The predicted octanol–water partition coefficient (Wildman–Crippen LogP) is 2.52. The minimum atomic E-state index is 0.560. The van der Waals surface area contributed by atoms with Gasteiger partial charge in [-0.1, -0.05) is 0 Å². The van der Waals surface area contributed by atoms with E-state index in [1.54, 1.807) is 18.4 Å². The van der Waals surface area contributed by atoms with E-state index in [1.165, 1.54) is 4.88 Å². The van der Waals surface area contributed by atoms with Crippen molar-refractivity contribution >= 4 is 11.3 Å². The van der Waals surface area contributed by atoms with Crippen LogP contribution in [0, 0.1) is 6.92 Å². The van der Waals surface area contributed by atoms with Gasteiger partial charge < -0.3 is 19.5 Å². The Morgan fingerprint density at radius 2 is 2.14 bits per heavy atom. The summed E-state index contributed by atoms with van der Waals surface area (Å²) < 4.78 is 16.6. The van der Waals surface area contributed by atoms with Crippen LogP contribution in [-0.2, 0) is 13.1 Å². The van der Waals surface area contributed by atoms with Gasteiger partial charge in [0.05, 0.1) is 7.11 Å². The van der Waals surface area contributed by atoms with E-state index in [4.69, 9.17) is 14.2 Å². The van der Waals surface area contributed by atoms with Crippen LogP contribution in [0.15, 0.2) is 18.3 Å². The first-order chi connectivity index (χ1) is 10.3. The molecule has 0 aliphatic carbocycles. The van der Waals surface area contributed by atoms with Crippen LogP contribution >= 0.6 is 11.3 Å². The molecule has 0 atom stereocenters. The molecule has 1 aromatic carbocycles. The summed E-state index contributed by atoms with van der Waals surface area (Å²) in [6.07, 6.45) is 1.90. The van der Waals surface area contributed by atoms with E-state index < -0.39 is 0 Å². The maximum atomic E-state index is 5.63. The second kappa shape index (κ2) is 6.32. The molecule has 112 valence electrons. The van der Waals surface area contributed by atoms with E-state index in [0.29, 0.717) is 24.7 Å². The maximum absolute atomic E-state index is 5.63. The Balaban J connectivity index is 1.67. The van der Waals surface area contributed by atoms with Crippen molar-refractivity contribution in [3.63, 3.8) is 0 Å². The first kappa shape index (κ1) is 14.2. The number of hydrogen-bond acceptors (Lipinski definition) is 6. The van der Waals surface area contributed by atoms with Gasteiger partial charge in [0.2, 0.25) is 5.75 Å². The van der Waals surface area contributed by atoms with Crippen molar-refractivity contribution < 1.29 is 14.2 Å². The summed E-state index contributed by atoms with van der Waals surface area (Å²) in [6, 6.07) is 3.98. The normalized spacial score (nSPS) is 13.2. The minimum absolute atomic E-state index is 0.560. The summed E-state index contributed by atoms with van der Waals surface area (Å²) >= 11 is 1.71. The number of aromatic nitrogens is 1. The number of methoxy groups -OCH3 is 1. The molecule has 1 aliphatic rings. The molecule has 0 amide bonds. The van der Waals surface area contributed by atoms with Crippen LogP contribution in [0.2, 0.25) is 0 Å². The van der Waals surface area contributed by atoms with Crippen LogP contribution in [0.4, 0.5) is 0 Å². The third-order valence-electron chi connectivity index (χ3n) is 3.16. The molecule has 0 radical (unpaired) electrons. The first-order valence-corrected chi connectivity index (χ1v) is 7.66. The van der Waals surface area contributed by atoms with Gasteiger partial charge in [0, 0.05) is 24.2 Å². The molecule has 6 heteroatoms. The number of fused-ring (bicyclic) bond motifs is 1. The maximum Gasteiger partial charge on any atom is 0.203 e. The predicted molar refractivity (Wildman–Crippen MR) is 81.4 cm³/mol. The lowest BCUT2D eigenvalue weighted by Crippen LogP contribution is -2.17. The molecule has 2 heterocycles. The Hall–Kier alpha value is -1.79. The molecular formula is C15H18N2O3S. The van der Waals surface area contributed by atoms with Crippen molar-refractivity contribution in [2.75, 3.05) is 20.3 Å². The summed E-state index contributed by atoms with van der Waals surface area (Å²) in [7, 11) is 1.64. The number of aryl methyl sites for hydroxylation is 1. The molecule has 0 fully saturated rings. The van der Waals surface area contributed by atoms with Gasteiger partial charge in [-0.2, -0.15) is 0 Å². The van der Waals surface area contributed by atoms with Crippen molar-refractivity contribution in [1.82, 2.24) is 10.3 Å². The van der Waals surface area contributed by atoms with Gasteiger partial charge in [0.1, 0.15) is 18.2 Å². The lowest BCUT2D eigenvalue weighted by molar-refractivity contribution is 0.165. The standard InChI is InChI=1S/C15H18N2O3S/c1-10-7-17-14(21-10)9-16-8-11-5-12(18-2)15-13(6-11)19-3-4-20-15/h5-7,16H,3-4,8-9H2,1-2H3. The Labute approximate surface area is 127 Å². The van der Waals surface area contributed by atoms with Gasteiger partial charge >= 0.3 is 0 Å². The van der Waals surface area contributed by atoms with E-state index in [0.717, 1.165) is 29.4 Å². The fourth-order valence-corrected chi connectivity index (χ4v) is 2.98. The lowest BCUT2D eigenvalue weighted by atomic mass is 10.1. The lowest BCUT2D eigenvalue weighted by Gasteiger charge is -2.21. The highest BCUT2D eigenvalue weighted by molar-refractivity contribution is 7.11. The molecule has 5 nitrogen and oxygen atoms in total. The van der Waals surface area contributed by atoms with Crippen LogP contribution in [0.1, 0.15) is 15.4 Å². The Kier molecular flexibility index (Phi) is 4.26. The summed E-state index contributed by atoms with van der Waals surface area (Å²) in [5.74, 6) is 2.17. The minimum Gasteiger partial charge on any atom is -0.493 e. The second-order valence-corrected chi connectivity index (χ2v) is 6.11. The fraction of sp³-hybridized carbons (Fsp3) is 0.400. The number of ether oxygens (including phenoxy) is 3. The number of thiazole rings is 1. The monoisotopic (exact) mass is 306 g/mol. The number of nitrogens with one attached hydrogen (secondary N) is 1. The third-order valence-corrected chi connectivity index (χ3v) is 4.08. The summed E-state index contributed by atoms with van der Waals surface area (Å²) in [6.45, 7) is 4.68. The molecule has 0 saturated heterocycles. The average Bonchev–Trinajstić information content (AvgIpc) is 2.92. The van der Waals surface area contributed by atoms with Gasteiger partial charge in [-0.05, 0) is 24.6 Å². The number of benzene rings is 1. The summed E-state index contributed by atoms with van der Waals surface area (Å²) in [5, 5.41) is 4.48. The quantitative estimate of drug-likeness (QED) is 0.920. The van der Waals surface area contributed by atoms with Crippen LogP contribution < -0.4 is 19.5 Å². The van der Waals surface area contributed by atoms with Crippen molar-refractivity contribution in [2.24, 2.45) is 0 Å². The van der Waals surface area contributed by atoms with Gasteiger partial charge in [-0.3, -0.25) is 0 Å². The molecule has 0 spiro atoms. The Morgan fingerprint density at radius 3 is 2.90 bits per heavy atom. The zero-order chi connectivity index (χ0) is 14.7. The SMILES string of the molecule is COc1cc(CNCc2ncc(C)s2)cc2c1OCCO2. The second-order valence-electron chi connectivity index (χ2n) is 4.79. The molecule has 0 saturated carbocycles. The fourth-order valence-electron chi connectivity index (χ4n) is 2.23. The van der Waals surface area contributed by atoms with Crippen LogP contribution in [0.25, 0.3) is 0 Å². The zero-order valence-electron chi connectivity index (χ0n) is 12.1. The summed E-state index contributed by atoms with van der Waals surface area (Å²) in [4.78, 5) is 5.57. The zero-order valence-corrected chi connectivity index (χ0v) is 13.0. The number of nitrogens with zero attached hydrogens (tertiary/aromatic N) is 1. The Morgan fingerprint density at radius 1 is 1.29 bits per heavy atom. The van der Waals surface area contributed by atoms with Crippen molar-refractivity contribution in [1.29, 1.82) is 0 Å². The third kappa shape index (κ3) is 3.28. The largest absolute Gasteiger partial charge is 0.493 e. The smallest absolute Gasteiger partial charge is 0.203 e. The van der Waals surface area contributed by atoms with Crippen molar-refractivity contribution in [2.45, 2.75) is 20.0 Å². The van der Waals surface area contributed by atoms with Crippen molar-refractivity contribution in [3.8, 4) is 17.2 Å². The van der Waals surface area contributed by atoms with E-state index in [1.807, 2.05) is 18.3 Å². The van der Waals surface area contributed by atoms with Crippen LogP contribution in [0.5, 0.6) is 17.2 Å². The molecule has 2 aromatic rings. The van der Waals surface area contributed by atoms with E-state index >= 15 is 0 Å². The van der Waals surface area contributed by atoms with E-state index in [-0.39, 0.29) is 0 Å². The van der Waals surface area contributed by atoms with Crippen molar-refractivity contribution in [3.05, 3.63) is 33.8 Å². The first-order valence-electron chi connectivity index (χ1n) is 6.85. The van der Waals surface area contributed by atoms with Crippen LogP contribution in [-0.4, -0.2) is 25.3 Å². The van der Waals surface area contributed by atoms with Gasteiger partial charge in [-0.15, -0.1) is 11.3 Å². The molecule has 21 heavy (non-hydrogen) atoms.